The normalized spacial score (nSPS) is 15.3. The predicted molar refractivity (Wildman–Crippen MR) is 47.8 cm³/mol. The molecule has 1 heterocycles. The fourth-order valence-corrected chi connectivity index (χ4v) is 2.23. The van der Waals surface area contributed by atoms with Gasteiger partial charge in [0.25, 0.3) is 0 Å². The van der Waals surface area contributed by atoms with Crippen LogP contribution in [0.25, 0.3) is 0 Å². The summed E-state index contributed by atoms with van der Waals surface area (Å²) in [5, 5.41) is 0.434. The molecule has 0 fully saturated rings. The van der Waals surface area contributed by atoms with Gasteiger partial charge in [0, 0.05) is 17.0 Å². The molecule has 2 rings (SSSR count). The Balaban J connectivity index is 0.000000980. The van der Waals surface area contributed by atoms with Crippen LogP contribution in [0.3, 0.4) is 0 Å². The maximum atomic E-state index is 10.8. The number of ether oxygens (including phenoxy) is 1. The molecule has 0 saturated carbocycles. The van der Waals surface area contributed by atoms with Crippen LogP contribution in [0.2, 0.25) is 5.02 Å². The first-order valence-electron chi connectivity index (χ1n) is 3.73. The molecule has 1 atom stereocenters. The van der Waals surface area contributed by atoms with Crippen LogP contribution in [0.15, 0.2) is 17.0 Å². The van der Waals surface area contributed by atoms with E-state index in [1.807, 2.05) is 0 Å². The summed E-state index contributed by atoms with van der Waals surface area (Å²) >= 11 is 3.46. The minimum Gasteiger partial charge on any atom is -0.768 e. The zero-order valence-electron chi connectivity index (χ0n) is 7.58. The van der Waals surface area contributed by atoms with Gasteiger partial charge in [-0.3, -0.25) is 4.21 Å². The molecule has 1 aromatic rings. The summed E-state index contributed by atoms with van der Waals surface area (Å²) in [5.41, 5.74) is 0.867. The van der Waals surface area contributed by atoms with Crippen molar-refractivity contribution in [2.45, 2.75) is 11.3 Å². The molecule has 0 spiro atoms. The molecule has 0 radical (unpaired) electrons. The smallest absolute Gasteiger partial charge is 0.768 e. The van der Waals surface area contributed by atoms with Crippen molar-refractivity contribution in [1.82, 2.24) is 0 Å². The molecule has 1 aliphatic heterocycles. The minimum absolute atomic E-state index is 0. The third-order valence-electron chi connectivity index (χ3n) is 1.89. The van der Waals surface area contributed by atoms with Gasteiger partial charge in [-0.1, -0.05) is 11.6 Å². The van der Waals surface area contributed by atoms with E-state index in [0.29, 0.717) is 17.4 Å². The molecule has 0 saturated heterocycles. The number of fused-ring (bicyclic) bond motifs is 1. The van der Waals surface area contributed by atoms with Crippen molar-refractivity contribution in [1.29, 1.82) is 0 Å². The van der Waals surface area contributed by atoms with Gasteiger partial charge in [0.1, 0.15) is 5.75 Å². The van der Waals surface area contributed by atoms with Crippen molar-refractivity contribution in [3.8, 4) is 5.75 Å². The van der Waals surface area contributed by atoms with E-state index in [9.17, 15) is 8.76 Å². The molecule has 0 aliphatic carbocycles. The molecule has 14 heavy (non-hydrogen) atoms. The second kappa shape index (κ2) is 4.96. The van der Waals surface area contributed by atoms with E-state index in [-0.39, 0.29) is 34.5 Å². The van der Waals surface area contributed by atoms with Gasteiger partial charge in [-0.05, 0) is 23.2 Å². The number of halogens is 1. The number of rotatable bonds is 1. The summed E-state index contributed by atoms with van der Waals surface area (Å²) < 4.78 is 26.7. The Morgan fingerprint density at radius 1 is 1.50 bits per heavy atom. The molecular weight excluding hydrogens is 235 g/mol. The Morgan fingerprint density at radius 3 is 2.86 bits per heavy atom. The van der Waals surface area contributed by atoms with E-state index in [0.717, 1.165) is 12.0 Å². The van der Waals surface area contributed by atoms with Crippen LogP contribution >= 0.6 is 11.6 Å². The molecule has 1 aromatic carbocycles. The van der Waals surface area contributed by atoms with Crippen LogP contribution in [-0.4, -0.2) is 15.4 Å². The van der Waals surface area contributed by atoms with Gasteiger partial charge in [-0.15, -0.1) is 0 Å². The van der Waals surface area contributed by atoms with Gasteiger partial charge in [-0.2, -0.15) is 0 Å². The molecule has 0 aromatic heterocycles. The zero-order valence-corrected chi connectivity index (χ0v) is 11.2. The third-order valence-corrected chi connectivity index (χ3v) is 2.77. The second-order valence-electron chi connectivity index (χ2n) is 2.73. The van der Waals surface area contributed by atoms with Gasteiger partial charge in [0.15, 0.2) is 0 Å². The van der Waals surface area contributed by atoms with Gasteiger partial charge in [0.05, 0.1) is 11.5 Å². The third kappa shape index (κ3) is 2.32. The fourth-order valence-electron chi connectivity index (χ4n) is 1.36. The van der Waals surface area contributed by atoms with Crippen molar-refractivity contribution in [3.63, 3.8) is 0 Å². The van der Waals surface area contributed by atoms with Crippen molar-refractivity contribution >= 4 is 22.7 Å². The number of hydrogen-bond acceptors (Lipinski definition) is 3. The van der Waals surface area contributed by atoms with Crippen LogP contribution in [0.5, 0.6) is 5.75 Å². The van der Waals surface area contributed by atoms with E-state index in [2.05, 4.69) is 0 Å². The minimum atomic E-state index is -2.28. The quantitative estimate of drug-likeness (QED) is 0.444. The monoisotopic (exact) mass is 240 g/mol. The van der Waals surface area contributed by atoms with E-state index in [4.69, 9.17) is 16.3 Å². The molecule has 70 valence electrons. The summed E-state index contributed by atoms with van der Waals surface area (Å²) in [6.45, 7) is 0.528. The van der Waals surface area contributed by atoms with E-state index < -0.39 is 11.1 Å². The molecular formula is C8H6ClNaO3S. The van der Waals surface area contributed by atoms with Gasteiger partial charge in [-0.25, -0.2) is 0 Å². The van der Waals surface area contributed by atoms with Gasteiger partial charge in [0.2, 0.25) is 0 Å². The van der Waals surface area contributed by atoms with Crippen LogP contribution in [0.4, 0.5) is 0 Å². The maximum Gasteiger partial charge on any atom is 1.00 e. The van der Waals surface area contributed by atoms with Crippen molar-refractivity contribution in [2.75, 3.05) is 6.61 Å². The largest absolute Gasteiger partial charge is 1.00 e. The average Bonchev–Trinajstić information content (AvgIpc) is 2.49. The molecule has 0 amide bonds. The van der Waals surface area contributed by atoms with E-state index >= 15 is 0 Å². The van der Waals surface area contributed by atoms with Crippen molar-refractivity contribution in [3.05, 3.63) is 22.7 Å². The van der Waals surface area contributed by atoms with Crippen molar-refractivity contribution < 1.29 is 43.1 Å². The van der Waals surface area contributed by atoms with E-state index in [1.54, 1.807) is 6.07 Å². The Labute approximate surface area is 111 Å². The van der Waals surface area contributed by atoms with Crippen LogP contribution in [-0.2, 0) is 17.5 Å². The zero-order chi connectivity index (χ0) is 9.42. The molecule has 1 unspecified atom stereocenters. The van der Waals surface area contributed by atoms with Crippen molar-refractivity contribution in [2.24, 2.45) is 0 Å². The summed E-state index contributed by atoms with van der Waals surface area (Å²) in [5.74, 6) is 0.456. The predicted octanol–water partition coefficient (Wildman–Crippen LogP) is -1.48. The fraction of sp³-hybridized carbons (Fsp3) is 0.250. The first-order valence-corrected chi connectivity index (χ1v) is 5.18. The first-order chi connectivity index (χ1) is 6.18. The maximum absolute atomic E-state index is 10.8. The van der Waals surface area contributed by atoms with Crippen LogP contribution < -0.4 is 34.3 Å². The van der Waals surface area contributed by atoms with E-state index in [1.165, 1.54) is 6.07 Å². The SMILES string of the molecule is O=S([O-])c1cc(Cl)cc2c1OCC2.[Na+]. The Kier molecular flexibility index (Phi) is 4.43. The standard InChI is InChI=1S/C8H7ClO3S.Na/c9-6-3-5-1-2-12-8(5)7(4-6)13(10)11;/h3-4H,1-2H2,(H,10,11);/q;+1/p-1. The second-order valence-corrected chi connectivity index (χ2v) is 4.07. The Morgan fingerprint density at radius 2 is 2.21 bits per heavy atom. The molecule has 3 nitrogen and oxygen atoms in total. The summed E-state index contributed by atoms with van der Waals surface area (Å²) in [6.07, 6.45) is 0.722. The molecule has 0 bridgehead atoms. The summed E-state index contributed by atoms with van der Waals surface area (Å²) in [6, 6.07) is 3.13. The van der Waals surface area contributed by atoms with Crippen LogP contribution in [0.1, 0.15) is 5.56 Å². The Hall–Kier alpha value is 0.420. The molecule has 1 aliphatic rings. The molecule has 0 N–H and O–H groups in total. The Bertz CT molecular complexity index is 383. The van der Waals surface area contributed by atoms with Gasteiger partial charge >= 0.3 is 29.6 Å². The summed E-state index contributed by atoms with van der Waals surface area (Å²) in [7, 11) is 0. The average molecular weight is 241 g/mol. The topological polar surface area (TPSA) is 49.4 Å². The number of benzene rings is 1. The van der Waals surface area contributed by atoms with Gasteiger partial charge < -0.3 is 9.29 Å². The summed E-state index contributed by atoms with van der Waals surface area (Å²) in [4.78, 5) is 0.153. The number of hydrogen-bond donors (Lipinski definition) is 0. The first kappa shape index (κ1) is 12.5. The van der Waals surface area contributed by atoms with Crippen LogP contribution in [0, 0.1) is 0 Å². The molecule has 6 heteroatoms.